The third-order valence-electron chi connectivity index (χ3n) is 4.26. The van der Waals surface area contributed by atoms with Crippen LogP contribution in [0.5, 0.6) is 0 Å². The lowest BCUT2D eigenvalue weighted by Gasteiger charge is -2.28. The maximum absolute atomic E-state index is 13.3. The number of ketones is 1. The molecule has 0 aliphatic heterocycles. The molecular formula is C21H26O. The monoisotopic (exact) mass is 294 g/mol. The molecule has 0 aliphatic carbocycles. The van der Waals surface area contributed by atoms with Crippen molar-refractivity contribution >= 4 is 5.78 Å². The van der Waals surface area contributed by atoms with Crippen molar-refractivity contribution in [3.63, 3.8) is 0 Å². The van der Waals surface area contributed by atoms with Gasteiger partial charge in [0.2, 0.25) is 0 Å². The van der Waals surface area contributed by atoms with E-state index in [2.05, 4.69) is 52.0 Å². The topological polar surface area (TPSA) is 17.1 Å². The quantitative estimate of drug-likeness (QED) is 0.693. The van der Waals surface area contributed by atoms with Crippen molar-refractivity contribution in [1.29, 1.82) is 0 Å². The molecule has 0 saturated carbocycles. The Kier molecular flexibility index (Phi) is 5.54. The van der Waals surface area contributed by atoms with Crippen LogP contribution in [-0.4, -0.2) is 5.78 Å². The van der Waals surface area contributed by atoms with Gasteiger partial charge in [0.15, 0.2) is 0 Å². The van der Waals surface area contributed by atoms with Crippen LogP contribution in [-0.2, 0) is 4.79 Å². The van der Waals surface area contributed by atoms with Gasteiger partial charge in [-0.2, -0.15) is 0 Å². The predicted molar refractivity (Wildman–Crippen MR) is 93.0 cm³/mol. The lowest BCUT2D eigenvalue weighted by atomic mass is 9.74. The second-order valence-corrected chi connectivity index (χ2v) is 6.67. The summed E-state index contributed by atoms with van der Waals surface area (Å²) in [6, 6.07) is 20.4. The van der Waals surface area contributed by atoms with E-state index in [4.69, 9.17) is 0 Å². The van der Waals surface area contributed by atoms with Crippen LogP contribution in [0.3, 0.4) is 0 Å². The molecular weight excluding hydrogens is 268 g/mol. The molecule has 1 nitrogen and oxygen atoms in total. The highest BCUT2D eigenvalue weighted by atomic mass is 16.1. The van der Waals surface area contributed by atoms with E-state index in [1.54, 1.807) is 0 Å². The van der Waals surface area contributed by atoms with Gasteiger partial charge in [-0.15, -0.1) is 0 Å². The molecule has 2 aromatic carbocycles. The fraction of sp³-hybridized carbons (Fsp3) is 0.381. The predicted octanol–water partition coefficient (Wildman–Crippen LogP) is 5.44. The van der Waals surface area contributed by atoms with Crippen LogP contribution < -0.4 is 0 Å². The molecule has 0 heterocycles. The van der Waals surface area contributed by atoms with Gasteiger partial charge < -0.3 is 0 Å². The van der Waals surface area contributed by atoms with Crippen LogP contribution in [0.25, 0.3) is 0 Å². The fourth-order valence-corrected chi connectivity index (χ4v) is 3.27. The Morgan fingerprint density at radius 2 is 0.955 bits per heavy atom. The van der Waals surface area contributed by atoms with Crippen molar-refractivity contribution in [1.82, 2.24) is 0 Å². The van der Waals surface area contributed by atoms with E-state index in [0.717, 1.165) is 11.1 Å². The van der Waals surface area contributed by atoms with Crippen molar-refractivity contribution in [3.05, 3.63) is 71.8 Å². The molecule has 0 radical (unpaired) electrons. The molecule has 0 aliphatic rings. The number of hydrogen-bond acceptors (Lipinski definition) is 1. The van der Waals surface area contributed by atoms with Gasteiger partial charge in [-0.25, -0.2) is 0 Å². The molecule has 2 atom stereocenters. The number of benzene rings is 2. The van der Waals surface area contributed by atoms with Gasteiger partial charge >= 0.3 is 0 Å². The minimum atomic E-state index is -0.0474. The van der Waals surface area contributed by atoms with Gasteiger partial charge in [0.25, 0.3) is 0 Å². The molecule has 2 unspecified atom stereocenters. The van der Waals surface area contributed by atoms with Crippen molar-refractivity contribution in [2.24, 2.45) is 11.8 Å². The number of Topliss-reactive ketones (excluding diaryl/α,β-unsaturated/α-hetero) is 1. The largest absolute Gasteiger partial charge is 0.298 e. The molecule has 1 heteroatoms. The highest BCUT2D eigenvalue weighted by Gasteiger charge is 2.32. The molecule has 0 spiro atoms. The Morgan fingerprint density at radius 3 is 1.23 bits per heavy atom. The van der Waals surface area contributed by atoms with E-state index in [1.807, 2.05) is 36.4 Å². The van der Waals surface area contributed by atoms with E-state index >= 15 is 0 Å². The van der Waals surface area contributed by atoms with Crippen molar-refractivity contribution in [2.75, 3.05) is 0 Å². The zero-order valence-corrected chi connectivity index (χ0v) is 14.0. The summed E-state index contributed by atoms with van der Waals surface area (Å²) in [5, 5.41) is 0. The van der Waals surface area contributed by atoms with Crippen LogP contribution in [0.15, 0.2) is 60.7 Å². The van der Waals surface area contributed by atoms with Gasteiger partial charge in [-0.3, -0.25) is 4.79 Å². The smallest absolute Gasteiger partial charge is 0.148 e. The number of rotatable bonds is 6. The van der Waals surface area contributed by atoms with Crippen LogP contribution >= 0.6 is 0 Å². The Hall–Kier alpha value is -1.89. The summed E-state index contributed by atoms with van der Waals surface area (Å²) in [6.07, 6.45) is 0. The zero-order valence-electron chi connectivity index (χ0n) is 14.0. The minimum Gasteiger partial charge on any atom is -0.298 e. The maximum Gasteiger partial charge on any atom is 0.148 e. The summed E-state index contributed by atoms with van der Waals surface area (Å²) in [6.45, 7) is 8.55. The standard InChI is InChI=1S/C21H26O/c1-15(2)19(17-11-7-5-8-12-17)21(22)20(16(3)4)18-13-9-6-10-14-18/h5-16,19-20H,1-4H3. The first-order valence-electron chi connectivity index (χ1n) is 8.16. The summed E-state index contributed by atoms with van der Waals surface area (Å²) >= 11 is 0. The van der Waals surface area contributed by atoms with Crippen molar-refractivity contribution in [3.8, 4) is 0 Å². The third kappa shape index (κ3) is 3.65. The zero-order chi connectivity index (χ0) is 16.1. The summed E-state index contributed by atoms with van der Waals surface area (Å²) < 4.78 is 0. The van der Waals surface area contributed by atoms with E-state index in [9.17, 15) is 4.79 Å². The Balaban J connectivity index is 2.40. The molecule has 22 heavy (non-hydrogen) atoms. The molecule has 0 amide bonds. The number of hydrogen-bond donors (Lipinski definition) is 0. The van der Waals surface area contributed by atoms with Crippen molar-refractivity contribution in [2.45, 2.75) is 39.5 Å². The SMILES string of the molecule is CC(C)C(C(=O)C(c1ccccc1)C(C)C)c1ccccc1. The third-order valence-corrected chi connectivity index (χ3v) is 4.26. The first kappa shape index (κ1) is 16.5. The minimum absolute atomic E-state index is 0.0474. The second kappa shape index (κ2) is 7.40. The van der Waals surface area contributed by atoms with Gasteiger partial charge in [0, 0.05) is 11.8 Å². The van der Waals surface area contributed by atoms with E-state index in [1.165, 1.54) is 0 Å². The molecule has 0 aromatic heterocycles. The molecule has 0 bridgehead atoms. The van der Waals surface area contributed by atoms with Gasteiger partial charge in [0.05, 0.1) is 0 Å². The molecule has 2 aromatic rings. The Morgan fingerprint density at radius 1 is 0.636 bits per heavy atom. The van der Waals surface area contributed by atoms with Crippen LogP contribution in [0.1, 0.15) is 50.7 Å². The average molecular weight is 294 g/mol. The van der Waals surface area contributed by atoms with Crippen LogP contribution in [0.4, 0.5) is 0 Å². The lowest BCUT2D eigenvalue weighted by molar-refractivity contribution is -0.123. The second-order valence-electron chi connectivity index (χ2n) is 6.67. The first-order chi connectivity index (χ1) is 10.5. The summed E-state index contributed by atoms with van der Waals surface area (Å²) in [4.78, 5) is 13.3. The Bertz CT molecular complexity index is 530. The highest BCUT2D eigenvalue weighted by molar-refractivity contribution is 5.92. The highest BCUT2D eigenvalue weighted by Crippen LogP contribution is 2.35. The summed E-state index contributed by atoms with van der Waals surface area (Å²) in [7, 11) is 0. The van der Waals surface area contributed by atoms with Gasteiger partial charge in [0.1, 0.15) is 5.78 Å². The van der Waals surface area contributed by atoms with Gasteiger partial charge in [-0.1, -0.05) is 88.4 Å². The molecule has 116 valence electrons. The maximum atomic E-state index is 13.3. The van der Waals surface area contributed by atoms with E-state index in [-0.39, 0.29) is 11.8 Å². The molecule has 0 N–H and O–H groups in total. The van der Waals surface area contributed by atoms with E-state index in [0.29, 0.717) is 17.6 Å². The first-order valence-corrected chi connectivity index (χ1v) is 8.16. The van der Waals surface area contributed by atoms with Gasteiger partial charge in [-0.05, 0) is 23.0 Å². The average Bonchev–Trinajstić information content (AvgIpc) is 2.49. The molecule has 0 saturated heterocycles. The van der Waals surface area contributed by atoms with Crippen LogP contribution in [0.2, 0.25) is 0 Å². The fourth-order valence-electron chi connectivity index (χ4n) is 3.27. The van der Waals surface area contributed by atoms with Crippen molar-refractivity contribution < 1.29 is 4.79 Å². The van der Waals surface area contributed by atoms with E-state index < -0.39 is 0 Å². The molecule has 2 rings (SSSR count). The number of carbonyl (C=O) groups excluding carboxylic acids is 1. The number of carbonyl (C=O) groups is 1. The summed E-state index contributed by atoms with van der Waals surface area (Å²) in [5.41, 5.74) is 2.26. The normalized spacial score (nSPS) is 14.1. The lowest BCUT2D eigenvalue weighted by Crippen LogP contribution is -2.27. The Labute approximate surface area is 134 Å². The molecule has 0 fully saturated rings. The van der Waals surface area contributed by atoms with Crippen LogP contribution in [0, 0.1) is 11.8 Å². The summed E-state index contributed by atoms with van der Waals surface area (Å²) in [5.74, 6) is 0.824.